The van der Waals surface area contributed by atoms with Crippen molar-refractivity contribution in [3.05, 3.63) is 24.9 Å². The van der Waals surface area contributed by atoms with Crippen LogP contribution < -0.4 is 10.6 Å². The highest BCUT2D eigenvalue weighted by molar-refractivity contribution is 5.67. The van der Waals surface area contributed by atoms with Gasteiger partial charge in [-0.05, 0) is 39.5 Å². The molecule has 0 atom stereocenters. The van der Waals surface area contributed by atoms with E-state index < -0.39 is 5.60 Å². The van der Waals surface area contributed by atoms with Crippen LogP contribution in [0.1, 0.15) is 27.2 Å². The van der Waals surface area contributed by atoms with Crippen LogP contribution in [0, 0.1) is 0 Å². The first-order valence-electron chi connectivity index (χ1n) is 5.43. The van der Waals surface area contributed by atoms with Gasteiger partial charge >= 0.3 is 6.09 Å². The molecule has 0 heterocycles. The molecule has 0 bridgehead atoms. The van der Waals surface area contributed by atoms with Crippen LogP contribution in [-0.2, 0) is 4.74 Å². The number of carbonyl (C=O) groups is 1. The summed E-state index contributed by atoms with van der Waals surface area (Å²) >= 11 is 0. The van der Waals surface area contributed by atoms with Crippen molar-refractivity contribution in [1.82, 2.24) is 10.6 Å². The number of hydrogen-bond acceptors (Lipinski definition) is 3. The summed E-state index contributed by atoms with van der Waals surface area (Å²) in [5, 5.41) is 5.75. The van der Waals surface area contributed by atoms with Crippen molar-refractivity contribution >= 4 is 6.09 Å². The Kier molecular flexibility index (Phi) is 7.09. The molecule has 0 radical (unpaired) electrons. The number of hydrogen-bond donors (Lipinski definition) is 2. The molecule has 0 fully saturated rings. The molecule has 0 aromatic carbocycles. The third-order valence-corrected chi connectivity index (χ3v) is 1.52. The summed E-state index contributed by atoms with van der Waals surface area (Å²) in [6.07, 6.45) is 5.82. The Morgan fingerprint density at radius 3 is 2.62 bits per heavy atom. The van der Waals surface area contributed by atoms with E-state index in [4.69, 9.17) is 4.74 Å². The highest BCUT2D eigenvalue weighted by Gasteiger charge is 2.15. The van der Waals surface area contributed by atoms with Gasteiger partial charge in [0.25, 0.3) is 0 Å². The number of amides is 1. The lowest BCUT2D eigenvalue weighted by atomic mass is 10.2. The summed E-state index contributed by atoms with van der Waals surface area (Å²) in [5.41, 5.74) is -0.435. The molecule has 0 rings (SSSR count). The third-order valence-electron chi connectivity index (χ3n) is 1.52. The molecule has 92 valence electrons. The molecular weight excluding hydrogens is 204 g/mol. The molecule has 2 N–H and O–H groups in total. The summed E-state index contributed by atoms with van der Waals surface area (Å²) in [7, 11) is 0. The minimum Gasteiger partial charge on any atom is -0.444 e. The number of ether oxygens (including phenoxy) is 1. The molecule has 0 aliphatic carbocycles. The molecular formula is C12H22N2O2. The standard InChI is InChI=1S/C12H22N2O2/c1-5-6-8-13-9-7-10-14-11(15)16-12(2,3)4/h5-6,8,13H,1,7,9-10H2,2-4H3,(H,14,15)/b8-6+. The molecule has 4 heteroatoms. The van der Waals surface area contributed by atoms with Crippen LogP contribution in [0.15, 0.2) is 24.9 Å². The molecule has 0 aliphatic heterocycles. The molecule has 4 nitrogen and oxygen atoms in total. The zero-order chi connectivity index (χ0) is 12.4. The topological polar surface area (TPSA) is 50.4 Å². The normalized spacial score (nSPS) is 11.2. The molecule has 0 saturated carbocycles. The van der Waals surface area contributed by atoms with Crippen molar-refractivity contribution in [2.24, 2.45) is 0 Å². The van der Waals surface area contributed by atoms with Gasteiger partial charge in [0.05, 0.1) is 0 Å². The average molecular weight is 226 g/mol. The maximum atomic E-state index is 11.2. The molecule has 0 saturated heterocycles. The Bertz CT molecular complexity index is 242. The zero-order valence-corrected chi connectivity index (χ0v) is 10.4. The average Bonchev–Trinajstić information content (AvgIpc) is 2.13. The van der Waals surface area contributed by atoms with E-state index in [1.807, 2.05) is 33.0 Å². The van der Waals surface area contributed by atoms with Gasteiger partial charge in [0.15, 0.2) is 0 Å². The highest BCUT2D eigenvalue weighted by atomic mass is 16.6. The van der Waals surface area contributed by atoms with Crippen molar-refractivity contribution < 1.29 is 9.53 Å². The molecule has 16 heavy (non-hydrogen) atoms. The third kappa shape index (κ3) is 10.6. The smallest absolute Gasteiger partial charge is 0.407 e. The van der Waals surface area contributed by atoms with E-state index in [0.29, 0.717) is 6.54 Å². The maximum Gasteiger partial charge on any atom is 0.407 e. The van der Waals surface area contributed by atoms with E-state index >= 15 is 0 Å². The first-order chi connectivity index (χ1) is 7.45. The molecule has 0 aromatic rings. The summed E-state index contributed by atoms with van der Waals surface area (Å²) in [4.78, 5) is 11.2. The van der Waals surface area contributed by atoms with Crippen LogP contribution in [0.2, 0.25) is 0 Å². The largest absolute Gasteiger partial charge is 0.444 e. The second kappa shape index (κ2) is 7.79. The predicted molar refractivity (Wildman–Crippen MR) is 66.2 cm³/mol. The van der Waals surface area contributed by atoms with Gasteiger partial charge in [-0.2, -0.15) is 0 Å². The van der Waals surface area contributed by atoms with Gasteiger partial charge in [0, 0.05) is 13.1 Å². The second-order valence-corrected chi connectivity index (χ2v) is 4.33. The SMILES string of the molecule is C=C/C=C/NCCCNC(=O)OC(C)(C)C. The van der Waals surface area contributed by atoms with E-state index in [1.54, 1.807) is 6.08 Å². The maximum absolute atomic E-state index is 11.2. The Morgan fingerprint density at radius 2 is 2.06 bits per heavy atom. The minimum absolute atomic E-state index is 0.367. The van der Waals surface area contributed by atoms with Gasteiger partial charge < -0.3 is 15.4 Å². The van der Waals surface area contributed by atoms with E-state index in [-0.39, 0.29) is 6.09 Å². The van der Waals surface area contributed by atoms with Crippen LogP contribution in [0.5, 0.6) is 0 Å². The lowest BCUT2D eigenvalue weighted by molar-refractivity contribution is 0.0527. The van der Waals surface area contributed by atoms with E-state index in [9.17, 15) is 4.79 Å². The number of nitrogens with one attached hydrogen (secondary N) is 2. The fourth-order valence-corrected chi connectivity index (χ4v) is 0.914. The number of rotatable bonds is 6. The molecule has 1 amide bonds. The van der Waals surface area contributed by atoms with Crippen molar-refractivity contribution in [2.45, 2.75) is 32.8 Å². The lowest BCUT2D eigenvalue weighted by Crippen LogP contribution is -2.33. The summed E-state index contributed by atoms with van der Waals surface area (Å²) in [6.45, 7) is 10.5. The molecule has 0 spiro atoms. The number of carbonyl (C=O) groups excluding carboxylic acids is 1. The van der Waals surface area contributed by atoms with Crippen LogP contribution in [-0.4, -0.2) is 24.8 Å². The van der Waals surface area contributed by atoms with Crippen LogP contribution in [0.3, 0.4) is 0 Å². The van der Waals surface area contributed by atoms with Crippen LogP contribution >= 0.6 is 0 Å². The van der Waals surface area contributed by atoms with E-state index in [1.165, 1.54) is 0 Å². The zero-order valence-electron chi connectivity index (χ0n) is 10.4. The van der Waals surface area contributed by atoms with Gasteiger partial charge in [-0.3, -0.25) is 0 Å². The monoisotopic (exact) mass is 226 g/mol. The van der Waals surface area contributed by atoms with Crippen molar-refractivity contribution in [2.75, 3.05) is 13.1 Å². The van der Waals surface area contributed by atoms with Crippen molar-refractivity contribution in [3.8, 4) is 0 Å². The summed E-state index contributed by atoms with van der Waals surface area (Å²) < 4.78 is 5.09. The first kappa shape index (κ1) is 14.6. The fraction of sp³-hybridized carbons (Fsp3) is 0.583. The molecule has 0 aromatic heterocycles. The van der Waals surface area contributed by atoms with Crippen molar-refractivity contribution in [1.29, 1.82) is 0 Å². The van der Waals surface area contributed by atoms with Gasteiger partial charge in [-0.15, -0.1) is 0 Å². The summed E-state index contributed by atoms with van der Waals surface area (Å²) in [5.74, 6) is 0. The Labute approximate surface area is 97.7 Å². The summed E-state index contributed by atoms with van der Waals surface area (Å²) in [6, 6.07) is 0. The highest BCUT2D eigenvalue weighted by Crippen LogP contribution is 2.06. The second-order valence-electron chi connectivity index (χ2n) is 4.33. The molecule has 0 unspecified atom stereocenters. The quantitative estimate of drug-likeness (QED) is 0.539. The fourth-order valence-electron chi connectivity index (χ4n) is 0.914. The van der Waals surface area contributed by atoms with Gasteiger partial charge in [0.2, 0.25) is 0 Å². The Hall–Kier alpha value is -1.45. The first-order valence-corrected chi connectivity index (χ1v) is 5.43. The lowest BCUT2D eigenvalue weighted by Gasteiger charge is -2.19. The van der Waals surface area contributed by atoms with Crippen molar-refractivity contribution in [3.63, 3.8) is 0 Å². The van der Waals surface area contributed by atoms with Crippen LogP contribution in [0.4, 0.5) is 4.79 Å². The van der Waals surface area contributed by atoms with Gasteiger partial charge in [-0.25, -0.2) is 4.79 Å². The number of alkyl carbamates (subject to hydrolysis) is 1. The Morgan fingerprint density at radius 1 is 1.38 bits per heavy atom. The van der Waals surface area contributed by atoms with Crippen LogP contribution in [0.25, 0.3) is 0 Å². The van der Waals surface area contributed by atoms with E-state index in [2.05, 4.69) is 17.2 Å². The number of allylic oxidation sites excluding steroid dienone is 2. The molecule has 0 aliphatic rings. The minimum atomic E-state index is -0.435. The predicted octanol–water partition coefficient (Wildman–Crippen LogP) is 2.19. The van der Waals surface area contributed by atoms with E-state index in [0.717, 1.165) is 13.0 Å². The Balaban J connectivity index is 3.42. The van der Waals surface area contributed by atoms with Gasteiger partial charge in [0.1, 0.15) is 5.60 Å². The van der Waals surface area contributed by atoms with Gasteiger partial charge in [-0.1, -0.05) is 12.7 Å².